The van der Waals surface area contributed by atoms with Crippen molar-refractivity contribution in [2.45, 2.75) is 44.9 Å². The maximum atomic E-state index is 12.8. The number of rotatable bonds is 3. The lowest BCUT2D eigenvalue weighted by Gasteiger charge is -2.42. The van der Waals surface area contributed by atoms with Gasteiger partial charge < -0.3 is 5.73 Å². The van der Waals surface area contributed by atoms with E-state index in [1.165, 1.54) is 5.56 Å². The van der Waals surface area contributed by atoms with E-state index in [4.69, 9.17) is 5.73 Å². The molecule has 1 aromatic carbocycles. The maximum absolute atomic E-state index is 12.8. The Morgan fingerprint density at radius 2 is 1.88 bits per heavy atom. The highest BCUT2D eigenvalue weighted by Gasteiger charge is 2.40. The van der Waals surface area contributed by atoms with Gasteiger partial charge in [0.15, 0.2) is 5.78 Å². The quantitative estimate of drug-likeness (QED) is 0.904. The van der Waals surface area contributed by atoms with Crippen LogP contribution in [0.15, 0.2) is 46.9 Å². The number of hydrogen-bond donors (Lipinski definition) is 1. The number of hydrazine groups is 1. The van der Waals surface area contributed by atoms with Gasteiger partial charge in [0.2, 0.25) is 0 Å². The van der Waals surface area contributed by atoms with Crippen molar-refractivity contribution in [1.29, 1.82) is 5.26 Å². The van der Waals surface area contributed by atoms with Gasteiger partial charge in [-0.25, -0.2) is 5.01 Å². The first-order valence-corrected chi connectivity index (χ1v) is 9.10. The lowest BCUT2D eigenvalue weighted by Crippen LogP contribution is -2.45. The Morgan fingerprint density at radius 3 is 2.42 bits per heavy atom. The van der Waals surface area contributed by atoms with Crippen LogP contribution in [-0.2, 0) is 4.79 Å². The lowest BCUT2D eigenvalue weighted by atomic mass is 9.76. The fourth-order valence-electron chi connectivity index (χ4n) is 3.93. The summed E-state index contributed by atoms with van der Waals surface area (Å²) in [6, 6.07) is 10.5. The van der Waals surface area contributed by atoms with Crippen LogP contribution in [0.5, 0.6) is 0 Å². The third-order valence-corrected chi connectivity index (χ3v) is 5.22. The van der Waals surface area contributed by atoms with Crippen LogP contribution in [-0.4, -0.2) is 29.9 Å². The van der Waals surface area contributed by atoms with Crippen molar-refractivity contribution in [1.82, 2.24) is 10.0 Å². The van der Waals surface area contributed by atoms with E-state index < -0.39 is 0 Å². The monoisotopic (exact) mass is 350 g/mol. The average molecular weight is 350 g/mol. The van der Waals surface area contributed by atoms with Crippen LogP contribution in [0.25, 0.3) is 0 Å². The molecule has 0 saturated heterocycles. The normalized spacial score (nSPS) is 20.7. The molecule has 1 heterocycles. The number of benzene rings is 1. The summed E-state index contributed by atoms with van der Waals surface area (Å²) in [5.41, 5.74) is 10.7. The molecule has 1 atom stereocenters. The molecule has 136 valence electrons. The van der Waals surface area contributed by atoms with Gasteiger partial charge in [-0.3, -0.25) is 9.80 Å². The van der Waals surface area contributed by atoms with Gasteiger partial charge in [0.05, 0.1) is 17.6 Å². The maximum Gasteiger partial charge on any atom is 0.161 e. The smallest absolute Gasteiger partial charge is 0.161 e. The number of carbonyl (C=O) groups excluding carboxylic acids is 1. The molecule has 5 heteroatoms. The molecule has 1 aromatic rings. The van der Waals surface area contributed by atoms with Gasteiger partial charge in [-0.1, -0.05) is 38.1 Å². The molecule has 1 unspecified atom stereocenters. The Labute approximate surface area is 155 Å². The van der Waals surface area contributed by atoms with E-state index in [1.807, 2.05) is 36.2 Å². The number of allylic oxidation sites excluding steroid dienone is 3. The summed E-state index contributed by atoms with van der Waals surface area (Å²) in [6.07, 6.45) is 2.13. The van der Waals surface area contributed by atoms with E-state index in [-0.39, 0.29) is 11.7 Å². The molecule has 26 heavy (non-hydrogen) atoms. The number of nitrogens with two attached hydrogens (primary N) is 1. The van der Waals surface area contributed by atoms with Gasteiger partial charge in [0, 0.05) is 31.8 Å². The van der Waals surface area contributed by atoms with Gasteiger partial charge in [-0.15, -0.1) is 0 Å². The van der Waals surface area contributed by atoms with Crippen LogP contribution in [0, 0.1) is 11.3 Å². The number of nitriles is 1. The second kappa shape index (κ2) is 6.97. The molecule has 2 aliphatic rings. The van der Waals surface area contributed by atoms with Crippen molar-refractivity contribution >= 4 is 5.78 Å². The van der Waals surface area contributed by atoms with Crippen molar-refractivity contribution in [3.8, 4) is 6.07 Å². The molecular formula is C21H26N4O. The summed E-state index contributed by atoms with van der Waals surface area (Å²) >= 11 is 0. The van der Waals surface area contributed by atoms with Gasteiger partial charge in [0.1, 0.15) is 5.82 Å². The summed E-state index contributed by atoms with van der Waals surface area (Å²) in [5.74, 6) is 0.599. The fourth-order valence-corrected chi connectivity index (χ4v) is 3.93. The Bertz CT molecular complexity index is 825. The third kappa shape index (κ3) is 2.91. The minimum atomic E-state index is -0.375. The number of nitrogens with zero attached hydrogens (tertiary/aromatic N) is 3. The van der Waals surface area contributed by atoms with Crippen molar-refractivity contribution in [3.63, 3.8) is 0 Å². The predicted octanol–water partition coefficient (Wildman–Crippen LogP) is 3.39. The summed E-state index contributed by atoms with van der Waals surface area (Å²) in [5, 5.41) is 13.5. The van der Waals surface area contributed by atoms with Crippen molar-refractivity contribution in [2.75, 3.05) is 14.1 Å². The first-order chi connectivity index (χ1) is 12.4. The standard InChI is InChI=1S/C21H26N4O/c1-13(2)14-8-10-15(11-9-14)19-16(12-22)21(23)25(24(3)4)17-6-5-7-18(26)20(17)19/h8-11,13,19H,5-7,23H2,1-4H3. The van der Waals surface area contributed by atoms with E-state index in [1.54, 1.807) is 0 Å². The SMILES string of the molecule is CC(C)c1ccc(C2C(C#N)=C(N)N(N(C)C)C3=C2C(=O)CCC3)cc1. The molecule has 0 radical (unpaired) electrons. The molecule has 0 aromatic heterocycles. The Morgan fingerprint density at radius 1 is 1.23 bits per heavy atom. The molecule has 1 aliphatic heterocycles. The van der Waals surface area contributed by atoms with Gasteiger partial charge in [0.25, 0.3) is 0 Å². The van der Waals surface area contributed by atoms with Gasteiger partial charge >= 0.3 is 0 Å². The summed E-state index contributed by atoms with van der Waals surface area (Å²) in [7, 11) is 3.76. The van der Waals surface area contributed by atoms with Crippen LogP contribution in [0.1, 0.15) is 56.1 Å². The summed E-state index contributed by atoms with van der Waals surface area (Å²) in [4.78, 5) is 12.8. The second-order valence-corrected chi connectivity index (χ2v) is 7.46. The molecule has 1 aliphatic carbocycles. The van der Waals surface area contributed by atoms with E-state index in [0.29, 0.717) is 23.7 Å². The highest BCUT2D eigenvalue weighted by molar-refractivity contribution is 5.99. The number of carbonyl (C=O) groups is 1. The van der Waals surface area contributed by atoms with Crippen LogP contribution < -0.4 is 5.73 Å². The first-order valence-electron chi connectivity index (χ1n) is 9.10. The third-order valence-electron chi connectivity index (χ3n) is 5.22. The summed E-state index contributed by atoms with van der Waals surface area (Å²) in [6.45, 7) is 4.29. The van der Waals surface area contributed by atoms with Gasteiger partial charge in [-0.05, 0) is 29.9 Å². The number of ketones is 1. The fraction of sp³-hybridized carbons (Fsp3) is 0.429. The van der Waals surface area contributed by atoms with Crippen molar-refractivity contribution in [2.24, 2.45) is 5.73 Å². The minimum Gasteiger partial charge on any atom is -0.383 e. The number of hydrogen-bond acceptors (Lipinski definition) is 5. The van der Waals surface area contributed by atoms with E-state index in [2.05, 4.69) is 32.0 Å². The minimum absolute atomic E-state index is 0.122. The highest BCUT2D eigenvalue weighted by atomic mass is 16.1. The Balaban J connectivity index is 2.19. The molecule has 0 saturated carbocycles. The molecule has 2 N–H and O–H groups in total. The second-order valence-electron chi connectivity index (χ2n) is 7.46. The Kier molecular flexibility index (Phi) is 4.88. The Hall–Kier alpha value is -2.58. The predicted molar refractivity (Wildman–Crippen MR) is 102 cm³/mol. The molecule has 3 rings (SSSR count). The zero-order valence-corrected chi connectivity index (χ0v) is 15.9. The van der Waals surface area contributed by atoms with E-state index in [9.17, 15) is 10.1 Å². The largest absolute Gasteiger partial charge is 0.383 e. The zero-order chi connectivity index (χ0) is 19.0. The summed E-state index contributed by atoms with van der Waals surface area (Å²) < 4.78 is 0. The van der Waals surface area contributed by atoms with Gasteiger partial charge in [-0.2, -0.15) is 5.26 Å². The molecule has 5 nitrogen and oxygen atoms in total. The highest BCUT2D eigenvalue weighted by Crippen LogP contribution is 2.44. The molecule has 0 amide bonds. The molecule has 0 bridgehead atoms. The zero-order valence-electron chi connectivity index (χ0n) is 15.9. The van der Waals surface area contributed by atoms with Crippen LogP contribution >= 0.6 is 0 Å². The van der Waals surface area contributed by atoms with E-state index >= 15 is 0 Å². The van der Waals surface area contributed by atoms with Crippen molar-refractivity contribution in [3.05, 3.63) is 58.1 Å². The van der Waals surface area contributed by atoms with Crippen LogP contribution in [0.3, 0.4) is 0 Å². The van der Waals surface area contributed by atoms with Crippen molar-refractivity contribution < 1.29 is 4.79 Å². The van der Waals surface area contributed by atoms with Crippen LogP contribution in [0.2, 0.25) is 0 Å². The molecule has 0 spiro atoms. The van der Waals surface area contributed by atoms with Crippen LogP contribution in [0.4, 0.5) is 0 Å². The average Bonchev–Trinajstić information content (AvgIpc) is 2.60. The van der Waals surface area contributed by atoms with E-state index in [0.717, 1.165) is 29.7 Å². The molecule has 0 fully saturated rings. The number of Topliss-reactive ketones (excluding diaryl/α,β-unsaturated/α-hetero) is 1. The first kappa shape index (κ1) is 18.2. The lowest BCUT2D eigenvalue weighted by molar-refractivity contribution is -0.116. The molecular weight excluding hydrogens is 324 g/mol. The topological polar surface area (TPSA) is 73.4 Å².